The second kappa shape index (κ2) is 6.81. The van der Waals surface area contributed by atoms with Crippen LogP contribution in [-0.4, -0.2) is 23.2 Å². The number of nitrogens with one attached hydrogen (secondary N) is 1. The second-order valence-electron chi connectivity index (χ2n) is 5.96. The standard InChI is InChI=1S/C19H15FN4O2S/c20-16-8-6-14(7-9-16)13-24-12-10-18(22-24)23-27(25,26)17-5-1-3-15-4-2-11-21-19(15)17/h1-12H,13H2,(H,22,23). The fraction of sp³-hybridized carbons (Fsp3) is 0.0526. The second-order valence-corrected chi connectivity index (χ2v) is 7.61. The van der Waals surface area contributed by atoms with Gasteiger partial charge in [0.15, 0.2) is 5.82 Å². The number of pyridine rings is 1. The van der Waals surface area contributed by atoms with E-state index >= 15 is 0 Å². The molecule has 0 aliphatic rings. The molecule has 2 aromatic carbocycles. The van der Waals surface area contributed by atoms with Gasteiger partial charge in [0.25, 0.3) is 10.0 Å². The lowest BCUT2D eigenvalue weighted by molar-refractivity contribution is 0.601. The molecule has 27 heavy (non-hydrogen) atoms. The van der Waals surface area contributed by atoms with Crippen LogP contribution in [0.15, 0.2) is 78.0 Å². The maximum Gasteiger partial charge on any atom is 0.265 e. The Hall–Kier alpha value is -3.26. The molecule has 0 unspecified atom stereocenters. The number of aromatic nitrogens is 3. The van der Waals surface area contributed by atoms with Crippen molar-refractivity contribution < 1.29 is 12.8 Å². The van der Waals surface area contributed by atoms with Gasteiger partial charge >= 0.3 is 0 Å². The molecule has 0 aliphatic heterocycles. The largest absolute Gasteiger partial charge is 0.266 e. The van der Waals surface area contributed by atoms with Crippen LogP contribution in [0.3, 0.4) is 0 Å². The van der Waals surface area contributed by atoms with E-state index in [0.717, 1.165) is 10.9 Å². The summed E-state index contributed by atoms with van der Waals surface area (Å²) in [6.45, 7) is 0.401. The smallest absolute Gasteiger partial charge is 0.265 e. The first-order valence-electron chi connectivity index (χ1n) is 8.16. The topological polar surface area (TPSA) is 76.9 Å². The van der Waals surface area contributed by atoms with Crippen molar-refractivity contribution in [3.63, 3.8) is 0 Å². The number of anilines is 1. The molecular formula is C19H15FN4O2S. The summed E-state index contributed by atoms with van der Waals surface area (Å²) < 4.78 is 42.6. The molecule has 0 atom stereocenters. The van der Waals surface area contributed by atoms with Crippen LogP contribution >= 0.6 is 0 Å². The van der Waals surface area contributed by atoms with E-state index in [4.69, 9.17) is 0 Å². The Morgan fingerprint density at radius 3 is 2.59 bits per heavy atom. The van der Waals surface area contributed by atoms with Crippen LogP contribution in [-0.2, 0) is 16.6 Å². The molecule has 0 aliphatic carbocycles. The van der Waals surface area contributed by atoms with Gasteiger partial charge in [0.05, 0.1) is 12.1 Å². The number of halogens is 1. The van der Waals surface area contributed by atoms with E-state index in [1.807, 2.05) is 0 Å². The average molecular weight is 382 g/mol. The zero-order chi connectivity index (χ0) is 18.9. The van der Waals surface area contributed by atoms with E-state index in [-0.39, 0.29) is 16.5 Å². The minimum absolute atomic E-state index is 0.0914. The molecular weight excluding hydrogens is 367 g/mol. The van der Waals surface area contributed by atoms with E-state index in [2.05, 4.69) is 14.8 Å². The van der Waals surface area contributed by atoms with E-state index in [0.29, 0.717) is 12.1 Å². The Bertz CT molecular complexity index is 1200. The molecule has 2 heterocycles. The van der Waals surface area contributed by atoms with Crippen LogP contribution in [0.1, 0.15) is 5.56 Å². The first-order chi connectivity index (χ1) is 13.0. The van der Waals surface area contributed by atoms with Gasteiger partial charge in [0.1, 0.15) is 10.7 Å². The van der Waals surface area contributed by atoms with Crippen molar-refractivity contribution in [3.8, 4) is 0 Å². The first-order valence-corrected chi connectivity index (χ1v) is 9.64. The highest BCUT2D eigenvalue weighted by Crippen LogP contribution is 2.22. The molecule has 0 fully saturated rings. The number of para-hydroxylation sites is 1. The Morgan fingerprint density at radius 1 is 1.00 bits per heavy atom. The summed E-state index contributed by atoms with van der Waals surface area (Å²) in [5.41, 5.74) is 1.26. The molecule has 2 aromatic heterocycles. The highest BCUT2D eigenvalue weighted by Gasteiger charge is 2.19. The van der Waals surface area contributed by atoms with Crippen molar-refractivity contribution >= 4 is 26.7 Å². The third kappa shape index (κ3) is 3.65. The molecule has 1 N–H and O–H groups in total. The lowest BCUT2D eigenvalue weighted by Gasteiger charge is -2.08. The minimum Gasteiger partial charge on any atom is -0.266 e. The molecule has 136 valence electrons. The monoisotopic (exact) mass is 382 g/mol. The predicted molar refractivity (Wildman–Crippen MR) is 100 cm³/mol. The number of rotatable bonds is 5. The molecule has 0 saturated carbocycles. The third-order valence-electron chi connectivity index (χ3n) is 4.02. The van der Waals surface area contributed by atoms with Crippen LogP contribution in [0, 0.1) is 5.82 Å². The fourth-order valence-electron chi connectivity index (χ4n) is 2.77. The molecule has 4 rings (SSSR count). The van der Waals surface area contributed by atoms with Gasteiger partial charge in [-0.3, -0.25) is 14.4 Å². The highest BCUT2D eigenvalue weighted by molar-refractivity contribution is 7.93. The normalized spacial score (nSPS) is 11.6. The SMILES string of the molecule is O=S(=O)(Nc1ccn(Cc2ccc(F)cc2)n1)c1cccc2cccnc12. The van der Waals surface area contributed by atoms with E-state index in [1.54, 1.807) is 59.5 Å². The summed E-state index contributed by atoms with van der Waals surface area (Å²) in [7, 11) is -3.84. The summed E-state index contributed by atoms with van der Waals surface area (Å²) in [4.78, 5) is 4.27. The van der Waals surface area contributed by atoms with Crippen LogP contribution in [0.2, 0.25) is 0 Å². The van der Waals surface area contributed by atoms with Gasteiger partial charge in [-0.2, -0.15) is 5.10 Å². The van der Waals surface area contributed by atoms with Gasteiger partial charge < -0.3 is 0 Å². The number of nitrogens with zero attached hydrogens (tertiary/aromatic N) is 3. The van der Waals surface area contributed by atoms with Gasteiger partial charge in [-0.05, 0) is 29.8 Å². The average Bonchev–Trinajstić information content (AvgIpc) is 3.09. The molecule has 4 aromatic rings. The van der Waals surface area contributed by atoms with E-state index in [9.17, 15) is 12.8 Å². The van der Waals surface area contributed by atoms with E-state index in [1.165, 1.54) is 18.2 Å². The summed E-state index contributed by atoms with van der Waals surface area (Å²) in [6, 6.07) is 16.2. The summed E-state index contributed by atoms with van der Waals surface area (Å²) in [5, 5.41) is 4.97. The molecule has 8 heteroatoms. The van der Waals surface area contributed by atoms with Crippen LogP contribution in [0.4, 0.5) is 10.2 Å². The number of sulfonamides is 1. The van der Waals surface area contributed by atoms with Crippen molar-refractivity contribution in [1.29, 1.82) is 0 Å². The Morgan fingerprint density at radius 2 is 1.78 bits per heavy atom. The zero-order valence-corrected chi connectivity index (χ0v) is 14.9. The zero-order valence-electron chi connectivity index (χ0n) is 14.1. The van der Waals surface area contributed by atoms with Crippen LogP contribution in [0.25, 0.3) is 10.9 Å². The molecule has 0 bridgehead atoms. The van der Waals surface area contributed by atoms with Crippen LogP contribution in [0.5, 0.6) is 0 Å². The Kier molecular flexibility index (Phi) is 4.33. The lowest BCUT2D eigenvalue weighted by atomic mass is 10.2. The van der Waals surface area contributed by atoms with E-state index < -0.39 is 10.0 Å². The number of fused-ring (bicyclic) bond motifs is 1. The minimum atomic E-state index is -3.84. The summed E-state index contributed by atoms with van der Waals surface area (Å²) in [6.07, 6.45) is 3.21. The highest BCUT2D eigenvalue weighted by atomic mass is 32.2. The van der Waals surface area contributed by atoms with Gasteiger partial charge in [0, 0.05) is 23.8 Å². The number of hydrogen-bond acceptors (Lipinski definition) is 4. The van der Waals surface area contributed by atoms with Gasteiger partial charge in [-0.25, -0.2) is 12.8 Å². The Balaban J connectivity index is 1.58. The Labute approximate surface area is 155 Å². The number of benzene rings is 2. The van der Waals surface area contributed by atoms with Crippen LogP contribution < -0.4 is 4.72 Å². The van der Waals surface area contributed by atoms with Crippen molar-refractivity contribution in [1.82, 2.24) is 14.8 Å². The summed E-state index contributed by atoms with van der Waals surface area (Å²) in [5.74, 6) is -0.110. The molecule has 0 amide bonds. The maximum atomic E-state index is 13.0. The van der Waals surface area contributed by atoms with Gasteiger partial charge in [-0.15, -0.1) is 0 Å². The van der Waals surface area contributed by atoms with Crippen molar-refractivity contribution in [3.05, 3.63) is 84.4 Å². The molecule has 0 saturated heterocycles. The van der Waals surface area contributed by atoms with Crippen molar-refractivity contribution in [2.75, 3.05) is 4.72 Å². The first kappa shape index (κ1) is 17.2. The quantitative estimate of drug-likeness (QED) is 0.574. The van der Waals surface area contributed by atoms with Gasteiger partial charge in [0.2, 0.25) is 0 Å². The molecule has 0 radical (unpaired) electrons. The molecule has 6 nitrogen and oxygen atoms in total. The fourth-order valence-corrected chi connectivity index (χ4v) is 3.94. The third-order valence-corrected chi connectivity index (χ3v) is 5.41. The molecule has 0 spiro atoms. The van der Waals surface area contributed by atoms with Crippen molar-refractivity contribution in [2.45, 2.75) is 11.4 Å². The number of hydrogen-bond donors (Lipinski definition) is 1. The lowest BCUT2D eigenvalue weighted by Crippen LogP contribution is -2.14. The maximum absolute atomic E-state index is 13.0. The summed E-state index contributed by atoms with van der Waals surface area (Å²) >= 11 is 0. The predicted octanol–water partition coefficient (Wildman–Crippen LogP) is 3.42. The van der Waals surface area contributed by atoms with Gasteiger partial charge in [-0.1, -0.05) is 30.3 Å². The van der Waals surface area contributed by atoms with Crippen molar-refractivity contribution in [2.24, 2.45) is 0 Å².